The summed E-state index contributed by atoms with van der Waals surface area (Å²) in [5, 5.41) is 8.62. The molecule has 0 spiro atoms. The summed E-state index contributed by atoms with van der Waals surface area (Å²) in [7, 11) is 1.60. The molecule has 0 bridgehead atoms. The first-order chi connectivity index (χ1) is 9.86. The van der Waals surface area contributed by atoms with Crippen molar-refractivity contribution in [1.82, 2.24) is 10.3 Å². The lowest BCUT2D eigenvalue weighted by atomic mass is 10.1. The van der Waals surface area contributed by atoms with Gasteiger partial charge in [0.1, 0.15) is 10.6 Å². The molecular weight excluding hydrogens is 290 g/mol. The molecule has 0 saturated carbocycles. The first kappa shape index (κ1) is 15.4. The summed E-state index contributed by atoms with van der Waals surface area (Å²) < 4.78 is 5.14. The maximum Gasteiger partial charge on any atom is 0.241 e. The Hall–Kier alpha value is -2.02. The average Bonchev–Trinajstić information content (AvgIpc) is 2.76. The Labute approximate surface area is 127 Å². The van der Waals surface area contributed by atoms with Gasteiger partial charge in [0.2, 0.25) is 11.8 Å². The quantitative estimate of drug-likeness (QED) is 0.905. The van der Waals surface area contributed by atoms with E-state index < -0.39 is 4.87 Å². The zero-order valence-electron chi connectivity index (χ0n) is 12.3. The molecule has 1 heterocycles. The van der Waals surface area contributed by atoms with Gasteiger partial charge in [-0.15, -0.1) is 5.10 Å². The summed E-state index contributed by atoms with van der Waals surface area (Å²) in [6.45, 7) is 4.74. The molecule has 0 aliphatic carbocycles. The van der Waals surface area contributed by atoms with Crippen LogP contribution in [-0.2, 0) is 14.5 Å². The third-order valence-electron chi connectivity index (χ3n) is 3.10. The highest BCUT2D eigenvalue weighted by molar-refractivity contribution is 8.14. The summed E-state index contributed by atoms with van der Waals surface area (Å²) in [5.41, 5.74) is 0.896. The van der Waals surface area contributed by atoms with Crippen LogP contribution in [0.15, 0.2) is 29.4 Å². The largest absolute Gasteiger partial charge is 0.497 e. The number of amides is 2. The molecule has 2 amide bonds. The van der Waals surface area contributed by atoms with Gasteiger partial charge < -0.3 is 10.1 Å². The maximum absolute atomic E-state index is 11.9. The van der Waals surface area contributed by atoms with Gasteiger partial charge in [-0.2, -0.15) is 0 Å². The number of nitrogens with one attached hydrogen (secondary N) is 1. The van der Waals surface area contributed by atoms with Crippen LogP contribution >= 0.6 is 11.8 Å². The zero-order valence-corrected chi connectivity index (χ0v) is 13.2. The van der Waals surface area contributed by atoms with Gasteiger partial charge in [-0.1, -0.05) is 23.9 Å². The molecule has 0 radical (unpaired) electrons. The molecule has 1 N–H and O–H groups in total. The second kappa shape index (κ2) is 5.77. The minimum absolute atomic E-state index is 0.193. The second-order valence-corrected chi connectivity index (χ2v) is 6.12. The van der Waals surface area contributed by atoms with Crippen molar-refractivity contribution >= 4 is 28.7 Å². The number of hydrogen-bond donors (Lipinski definition) is 1. The summed E-state index contributed by atoms with van der Waals surface area (Å²) in [6, 6.07) is 7.42. The highest BCUT2D eigenvalue weighted by atomic mass is 32.2. The summed E-state index contributed by atoms with van der Waals surface area (Å²) >= 11 is 1.33. The molecule has 1 aliphatic rings. The van der Waals surface area contributed by atoms with Gasteiger partial charge in [0.15, 0.2) is 5.17 Å². The van der Waals surface area contributed by atoms with E-state index in [4.69, 9.17) is 4.74 Å². The van der Waals surface area contributed by atoms with Crippen LogP contribution in [0.4, 0.5) is 0 Å². The fraction of sp³-hybridized carbons (Fsp3) is 0.357. The van der Waals surface area contributed by atoms with E-state index >= 15 is 0 Å². The van der Waals surface area contributed by atoms with E-state index in [2.05, 4.69) is 10.4 Å². The van der Waals surface area contributed by atoms with E-state index in [9.17, 15) is 9.59 Å². The van der Waals surface area contributed by atoms with Gasteiger partial charge in [-0.25, -0.2) is 5.01 Å². The Morgan fingerprint density at radius 2 is 1.90 bits per heavy atom. The van der Waals surface area contributed by atoms with Gasteiger partial charge in [-0.3, -0.25) is 9.59 Å². The lowest BCUT2D eigenvalue weighted by Crippen LogP contribution is -2.37. The van der Waals surface area contributed by atoms with Crippen molar-refractivity contribution in [2.75, 3.05) is 7.11 Å². The van der Waals surface area contributed by atoms with E-state index in [0.717, 1.165) is 11.3 Å². The highest BCUT2D eigenvalue weighted by Crippen LogP contribution is 2.45. The topological polar surface area (TPSA) is 71.0 Å². The monoisotopic (exact) mass is 307 g/mol. The minimum atomic E-state index is -0.699. The summed E-state index contributed by atoms with van der Waals surface area (Å²) in [5.74, 6) is 0.327. The number of amidine groups is 1. The number of hydrazone groups is 1. The number of ether oxygens (including phenoxy) is 1. The first-order valence-corrected chi connectivity index (χ1v) is 7.19. The van der Waals surface area contributed by atoms with Crippen molar-refractivity contribution < 1.29 is 14.3 Å². The van der Waals surface area contributed by atoms with Gasteiger partial charge in [0.25, 0.3) is 0 Å². The van der Waals surface area contributed by atoms with Gasteiger partial charge in [-0.05, 0) is 24.6 Å². The Morgan fingerprint density at radius 1 is 1.29 bits per heavy atom. The molecule has 7 heteroatoms. The molecule has 0 unspecified atom stereocenters. The van der Waals surface area contributed by atoms with Crippen LogP contribution in [0.5, 0.6) is 5.75 Å². The molecule has 1 aliphatic heterocycles. The van der Waals surface area contributed by atoms with Gasteiger partial charge >= 0.3 is 0 Å². The number of methoxy groups -OCH3 is 1. The number of thioether (sulfide) groups is 1. The van der Waals surface area contributed by atoms with Crippen LogP contribution in [0.1, 0.15) is 26.3 Å². The number of nitrogens with zero attached hydrogens (tertiary/aromatic N) is 2. The average molecular weight is 307 g/mol. The molecule has 6 nitrogen and oxygen atoms in total. The molecule has 1 aromatic rings. The van der Waals surface area contributed by atoms with Gasteiger partial charge in [0.05, 0.1) is 7.11 Å². The van der Waals surface area contributed by atoms with Crippen molar-refractivity contribution in [2.24, 2.45) is 5.10 Å². The Morgan fingerprint density at radius 3 is 2.38 bits per heavy atom. The van der Waals surface area contributed by atoms with Crippen molar-refractivity contribution in [3.63, 3.8) is 0 Å². The van der Waals surface area contributed by atoms with Crippen molar-refractivity contribution in [1.29, 1.82) is 0 Å². The Bertz CT molecular complexity index is 600. The SMILES string of the molecule is COc1ccc([C@@]2(C)SC(NC(C)=O)=NN2C(C)=O)cc1. The smallest absolute Gasteiger partial charge is 0.241 e. The highest BCUT2D eigenvalue weighted by Gasteiger charge is 2.43. The normalized spacial score (nSPS) is 21.0. The molecule has 0 fully saturated rings. The molecule has 1 atom stereocenters. The van der Waals surface area contributed by atoms with Crippen LogP contribution in [0.25, 0.3) is 0 Å². The van der Waals surface area contributed by atoms with E-state index in [-0.39, 0.29) is 11.8 Å². The molecule has 112 valence electrons. The summed E-state index contributed by atoms with van der Waals surface area (Å²) in [4.78, 5) is 22.3. The fourth-order valence-corrected chi connectivity index (χ4v) is 3.30. The number of carbonyl (C=O) groups is 2. The van der Waals surface area contributed by atoms with Crippen LogP contribution in [0.3, 0.4) is 0 Å². The lowest BCUT2D eigenvalue weighted by molar-refractivity contribution is -0.131. The first-order valence-electron chi connectivity index (χ1n) is 6.37. The van der Waals surface area contributed by atoms with Crippen molar-refractivity contribution in [2.45, 2.75) is 25.6 Å². The van der Waals surface area contributed by atoms with Crippen molar-refractivity contribution in [3.05, 3.63) is 29.8 Å². The van der Waals surface area contributed by atoms with Crippen LogP contribution in [-0.4, -0.2) is 29.1 Å². The number of rotatable bonds is 2. The van der Waals surface area contributed by atoms with Crippen LogP contribution < -0.4 is 10.1 Å². The zero-order chi connectivity index (χ0) is 15.6. The predicted molar refractivity (Wildman–Crippen MR) is 81.7 cm³/mol. The molecular formula is C14H17N3O3S. The third kappa shape index (κ3) is 3.02. The Balaban J connectivity index is 2.35. The molecule has 2 rings (SSSR count). The predicted octanol–water partition coefficient (Wildman–Crippen LogP) is 1.87. The minimum Gasteiger partial charge on any atom is -0.497 e. The molecule has 0 aromatic heterocycles. The second-order valence-electron chi connectivity index (χ2n) is 4.73. The van der Waals surface area contributed by atoms with E-state index in [1.807, 2.05) is 31.2 Å². The van der Waals surface area contributed by atoms with E-state index in [1.165, 1.54) is 30.6 Å². The van der Waals surface area contributed by atoms with Crippen LogP contribution in [0.2, 0.25) is 0 Å². The van der Waals surface area contributed by atoms with Crippen LogP contribution in [0, 0.1) is 0 Å². The lowest BCUT2D eigenvalue weighted by Gasteiger charge is -2.31. The Kier molecular flexibility index (Phi) is 4.22. The fourth-order valence-electron chi connectivity index (χ4n) is 2.09. The van der Waals surface area contributed by atoms with Crippen molar-refractivity contribution in [3.8, 4) is 5.75 Å². The van der Waals surface area contributed by atoms with E-state index in [0.29, 0.717) is 5.17 Å². The summed E-state index contributed by atoms with van der Waals surface area (Å²) in [6.07, 6.45) is 0. The van der Waals surface area contributed by atoms with E-state index in [1.54, 1.807) is 7.11 Å². The molecule has 1 aromatic carbocycles. The number of hydrogen-bond acceptors (Lipinski definition) is 5. The number of benzene rings is 1. The molecule has 21 heavy (non-hydrogen) atoms. The number of carbonyl (C=O) groups excluding carboxylic acids is 2. The third-order valence-corrected chi connectivity index (χ3v) is 4.28. The van der Waals surface area contributed by atoms with Gasteiger partial charge in [0, 0.05) is 13.8 Å². The maximum atomic E-state index is 11.9. The molecule has 0 saturated heterocycles. The standard InChI is InChI=1S/C14H17N3O3S/c1-9(18)15-13-16-17(10(2)19)14(3,21-13)11-5-7-12(20-4)8-6-11/h5-8H,1-4H3,(H,15,16,18)/t14-/m1/s1.